The zero-order valence-corrected chi connectivity index (χ0v) is 23.6. The van der Waals surface area contributed by atoms with Crippen LogP contribution in [0, 0.1) is 0 Å². The summed E-state index contributed by atoms with van der Waals surface area (Å²) in [6.07, 6.45) is 7.56. The van der Waals surface area contributed by atoms with Crippen molar-refractivity contribution >= 4 is 45.6 Å². The van der Waals surface area contributed by atoms with Gasteiger partial charge in [-0.25, -0.2) is 4.98 Å². The molecule has 12 heteroatoms. The molecule has 3 aromatic carbocycles. The Labute approximate surface area is 250 Å². The highest BCUT2D eigenvalue weighted by Crippen LogP contribution is 2.34. The Bertz CT molecular complexity index is 2020. The minimum Gasteiger partial charge on any atom is -0.483 e. The maximum atomic E-state index is 6.19. The average molecular weight is 589 g/mol. The van der Waals surface area contributed by atoms with E-state index in [0.29, 0.717) is 23.1 Å². The number of ether oxygens (including phenoxy) is 1. The molecule has 0 unspecified atom stereocenters. The molecule has 43 heavy (non-hydrogen) atoms. The third kappa shape index (κ3) is 5.84. The van der Waals surface area contributed by atoms with Gasteiger partial charge < -0.3 is 9.30 Å². The van der Waals surface area contributed by atoms with Crippen molar-refractivity contribution in [3.05, 3.63) is 119 Å². The van der Waals surface area contributed by atoms with Gasteiger partial charge in [0.25, 0.3) is 0 Å². The second-order valence-electron chi connectivity index (χ2n) is 9.99. The lowest BCUT2D eigenvalue weighted by atomic mass is 9.98. The number of rotatable bonds is 10. The molecule has 11 nitrogen and oxygen atoms in total. The number of hydrogen-bond donors (Lipinski definition) is 2. The Morgan fingerprint density at radius 2 is 1.67 bits per heavy atom. The summed E-state index contributed by atoms with van der Waals surface area (Å²) in [6, 6.07) is 26.4. The predicted octanol–water partition coefficient (Wildman–Crippen LogP) is 5.84. The van der Waals surface area contributed by atoms with Crippen LogP contribution in [0.1, 0.15) is 40.9 Å². The highest BCUT2D eigenvalue weighted by atomic mass is 35.5. The summed E-state index contributed by atoms with van der Waals surface area (Å²) in [5.74, 6) is 1.87. The Morgan fingerprint density at radius 3 is 2.53 bits per heavy atom. The lowest BCUT2D eigenvalue weighted by Gasteiger charge is -2.22. The maximum Gasteiger partial charge on any atom is 0.211 e. The summed E-state index contributed by atoms with van der Waals surface area (Å²) >= 11 is 6.19. The van der Waals surface area contributed by atoms with Crippen molar-refractivity contribution in [2.24, 2.45) is 0 Å². The van der Waals surface area contributed by atoms with Gasteiger partial charge in [-0.15, -0.1) is 20.4 Å². The highest BCUT2D eigenvalue weighted by Gasteiger charge is 2.20. The summed E-state index contributed by atoms with van der Waals surface area (Å²) in [6.45, 7) is 0.198. The van der Waals surface area contributed by atoms with Crippen molar-refractivity contribution in [2.75, 3.05) is 0 Å². The molecule has 0 radical (unpaired) electrons. The zero-order chi connectivity index (χ0) is 29.0. The van der Waals surface area contributed by atoms with Crippen LogP contribution in [-0.4, -0.2) is 50.8 Å². The molecule has 0 amide bonds. The van der Waals surface area contributed by atoms with Gasteiger partial charge in [-0.3, -0.25) is 0 Å². The molecule has 212 valence electrons. The number of aryl methyl sites for hydroxylation is 1. The zero-order valence-electron chi connectivity index (χ0n) is 22.8. The molecular formula is C31H25ClN10O. The first kappa shape index (κ1) is 26.5. The van der Waals surface area contributed by atoms with E-state index < -0.39 is 0 Å². The lowest BCUT2D eigenvalue weighted by Crippen LogP contribution is -2.12. The summed E-state index contributed by atoms with van der Waals surface area (Å²) in [5.41, 5.74) is 4.88. The minimum atomic E-state index is -0.0415. The summed E-state index contributed by atoms with van der Waals surface area (Å²) in [4.78, 5) is 4.76. The number of H-pyrrole nitrogens is 2. The van der Waals surface area contributed by atoms with Crippen molar-refractivity contribution in [1.82, 2.24) is 50.8 Å². The Kier molecular flexibility index (Phi) is 7.28. The van der Waals surface area contributed by atoms with Gasteiger partial charge in [0.2, 0.25) is 5.82 Å². The van der Waals surface area contributed by atoms with Gasteiger partial charge in [-0.05, 0) is 60.0 Å². The number of aromatic nitrogens is 10. The summed E-state index contributed by atoms with van der Waals surface area (Å²) in [7, 11) is 0. The normalized spacial score (nSPS) is 12.4. The average Bonchev–Trinajstić information content (AvgIpc) is 3.83. The number of nitrogens with one attached hydrogen (secondary N) is 2. The minimum absolute atomic E-state index is 0.0415. The van der Waals surface area contributed by atoms with Crippen LogP contribution >= 0.6 is 11.6 Å². The van der Waals surface area contributed by atoms with Crippen molar-refractivity contribution in [1.29, 1.82) is 0 Å². The van der Waals surface area contributed by atoms with Crippen LogP contribution in [0.25, 0.3) is 34.0 Å². The molecule has 1 atom stereocenters. The molecular weight excluding hydrogens is 564 g/mol. The standard InChI is InChI=1S/C31H25ClN10O/c32-24-10-8-21-9-12-25(33-26(21)18-24)11-7-20-3-1-5-23(17-20)27(13-14-29-34-38-39-35-29)42-16-15-22-4-2-6-28(31(22)42)43-19-30-36-40-41-37-30/h1-12,15-18,27H,13-14,19H2,(H,34,35,38,39)(H,36,37,40,41)/b11-7+/t27-/m1/s1. The topological polar surface area (TPSA) is 136 Å². The number of hydrogen-bond acceptors (Lipinski definition) is 8. The third-order valence-corrected chi connectivity index (χ3v) is 7.47. The Morgan fingerprint density at radius 1 is 0.837 bits per heavy atom. The Balaban J connectivity index is 1.23. The first-order valence-electron chi connectivity index (χ1n) is 13.7. The highest BCUT2D eigenvalue weighted by molar-refractivity contribution is 6.31. The smallest absolute Gasteiger partial charge is 0.211 e. The van der Waals surface area contributed by atoms with Crippen molar-refractivity contribution < 1.29 is 4.74 Å². The second kappa shape index (κ2) is 11.8. The van der Waals surface area contributed by atoms with Gasteiger partial charge in [0.1, 0.15) is 5.75 Å². The van der Waals surface area contributed by atoms with E-state index in [-0.39, 0.29) is 12.6 Å². The molecule has 7 aromatic rings. The molecule has 0 saturated heterocycles. The molecule has 4 aromatic heterocycles. The molecule has 0 aliphatic carbocycles. The number of fused-ring (bicyclic) bond motifs is 2. The van der Waals surface area contributed by atoms with Gasteiger partial charge >= 0.3 is 0 Å². The SMILES string of the molecule is Clc1ccc2ccc(/C=C/c3cccc([C@@H](CCc4nn[nH]n4)n4ccc5cccc(OCc6nn[nH]n6)c54)c3)nc2c1. The maximum absolute atomic E-state index is 6.19. The predicted molar refractivity (Wildman–Crippen MR) is 163 cm³/mol. The van der Waals surface area contributed by atoms with Crippen molar-refractivity contribution in [2.45, 2.75) is 25.5 Å². The van der Waals surface area contributed by atoms with Crippen molar-refractivity contribution in [3.63, 3.8) is 0 Å². The van der Waals surface area contributed by atoms with Crippen LogP contribution in [0.2, 0.25) is 5.02 Å². The van der Waals surface area contributed by atoms with Crippen LogP contribution in [0.3, 0.4) is 0 Å². The first-order valence-corrected chi connectivity index (χ1v) is 14.1. The second-order valence-corrected chi connectivity index (χ2v) is 10.4. The number of halogens is 1. The number of tetrazole rings is 2. The lowest BCUT2D eigenvalue weighted by molar-refractivity contribution is 0.298. The molecule has 0 spiro atoms. The fourth-order valence-corrected chi connectivity index (χ4v) is 5.38. The van der Waals surface area contributed by atoms with Crippen LogP contribution in [0.15, 0.2) is 85.1 Å². The van der Waals surface area contributed by atoms with E-state index in [2.05, 4.69) is 101 Å². The molecule has 0 bridgehead atoms. The van der Waals surface area contributed by atoms with E-state index >= 15 is 0 Å². The van der Waals surface area contributed by atoms with Crippen LogP contribution in [-0.2, 0) is 13.0 Å². The number of aromatic amines is 2. The fourth-order valence-electron chi connectivity index (χ4n) is 5.22. The van der Waals surface area contributed by atoms with Crippen LogP contribution in [0.4, 0.5) is 0 Å². The Hall–Kier alpha value is -5.42. The number of nitrogens with zero attached hydrogens (tertiary/aromatic N) is 8. The molecule has 0 saturated carbocycles. The summed E-state index contributed by atoms with van der Waals surface area (Å²) in [5, 5.41) is 31.5. The monoisotopic (exact) mass is 588 g/mol. The molecule has 2 N–H and O–H groups in total. The largest absolute Gasteiger partial charge is 0.483 e. The molecule has 0 aliphatic rings. The number of para-hydroxylation sites is 1. The van der Waals surface area contributed by atoms with Gasteiger partial charge in [-0.2, -0.15) is 10.4 Å². The van der Waals surface area contributed by atoms with E-state index in [4.69, 9.17) is 21.3 Å². The molecule has 7 rings (SSSR count). The number of pyridine rings is 1. The molecule has 4 heterocycles. The van der Waals surface area contributed by atoms with Crippen molar-refractivity contribution in [3.8, 4) is 5.75 Å². The molecule has 0 aliphatic heterocycles. The van der Waals surface area contributed by atoms with Gasteiger partial charge in [-0.1, -0.05) is 70.6 Å². The van der Waals surface area contributed by atoms with Gasteiger partial charge in [0.05, 0.1) is 22.8 Å². The van der Waals surface area contributed by atoms with Gasteiger partial charge in [0, 0.05) is 28.4 Å². The quantitative estimate of drug-likeness (QED) is 0.203. The molecule has 0 fully saturated rings. The fraction of sp³-hybridized carbons (Fsp3) is 0.129. The van der Waals surface area contributed by atoms with Crippen LogP contribution < -0.4 is 4.74 Å². The van der Waals surface area contributed by atoms with E-state index in [9.17, 15) is 0 Å². The van der Waals surface area contributed by atoms with E-state index in [1.807, 2.05) is 42.5 Å². The third-order valence-electron chi connectivity index (χ3n) is 7.23. The van der Waals surface area contributed by atoms with E-state index in [0.717, 1.165) is 50.8 Å². The van der Waals surface area contributed by atoms with E-state index in [1.54, 1.807) is 0 Å². The summed E-state index contributed by atoms with van der Waals surface area (Å²) < 4.78 is 8.42. The number of benzene rings is 3. The van der Waals surface area contributed by atoms with Gasteiger partial charge in [0.15, 0.2) is 12.4 Å². The van der Waals surface area contributed by atoms with E-state index in [1.165, 1.54) is 0 Å². The van der Waals surface area contributed by atoms with Crippen LogP contribution in [0.5, 0.6) is 5.75 Å². The first-order chi connectivity index (χ1) is 21.2.